The fraction of sp³-hybridized carbons (Fsp3) is 0.607. The number of aliphatic imine (C=N–C) groups is 1. The summed E-state index contributed by atoms with van der Waals surface area (Å²) in [6, 6.07) is 4.52. The molecule has 0 radical (unpaired) electrons. The van der Waals surface area contributed by atoms with E-state index in [2.05, 4.69) is 45.8 Å². The van der Waals surface area contributed by atoms with Gasteiger partial charge in [-0.3, -0.25) is 9.78 Å². The van der Waals surface area contributed by atoms with Gasteiger partial charge in [0.1, 0.15) is 12.2 Å². The molecule has 0 amide bonds. The van der Waals surface area contributed by atoms with E-state index >= 15 is 0 Å². The number of unbranched alkanes of at least 4 members (excludes halogenated alkanes) is 2. The van der Waals surface area contributed by atoms with E-state index in [1.807, 2.05) is 6.20 Å². The van der Waals surface area contributed by atoms with Gasteiger partial charge in [0.2, 0.25) is 5.88 Å². The molecule has 4 heterocycles. The molecular weight excluding hydrogens is 470 g/mol. The molecule has 0 aromatic carbocycles. The van der Waals surface area contributed by atoms with Gasteiger partial charge in [0.15, 0.2) is 11.7 Å². The molecule has 9 heteroatoms. The summed E-state index contributed by atoms with van der Waals surface area (Å²) in [5, 5.41) is 9.05. The third-order valence-corrected chi connectivity index (χ3v) is 7.55. The van der Waals surface area contributed by atoms with E-state index in [9.17, 15) is 4.79 Å². The van der Waals surface area contributed by atoms with E-state index in [4.69, 9.17) is 19.6 Å². The number of rotatable bonds is 11. The molecule has 9 nitrogen and oxygen atoms in total. The zero-order valence-corrected chi connectivity index (χ0v) is 21.9. The van der Waals surface area contributed by atoms with Gasteiger partial charge in [-0.25, -0.2) is 4.99 Å². The number of aromatic nitrogens is 3. The van der Waals surface area contributed by atoms with Crippen molar-refractivity contribution >= 4 is 23.3 Å². The molecule has 1 fully saturated rings. The maximum absolute atomic E-state index is 11.0. The molecule has 1 saturated carbocycles. The third kappa shape index (κ3) is 6.02. The van der Waals surface area contributed by atoms with Crippen molar-refractivity contribution in [2.75, 3.05) is 24.7 Å². The number of carboxylic acids is 1. The van der Waals surface area contributed by atoms with Gasteiger partial charge in [0.05, 0.1) is 25.0 Å². The molecule has 0 atom stereocenters. The molecule has 198 valence electrons. The Kier molecular flexibility index (Phi) is 7.86. The van der Waals surface area contributed by atoms with Crippen LogP contribution in [0.1, 0.15) is 88.8 Å². The van der Waals surface area contributed by atoms with Gasteiger partial charge < -0.3 is 19.5 Å². The Morgan fingerprint density at radius 1 is 1.16 bits per heavy atom. The standard InChI is InChI=1S/C28H37N5O4/c1-18(2)6-4-3-5-14-37-28-31-25-24-26(30-25)33(13-15-36-27(24)32-28)21-11-12-22(29-17-21)20-9-7-19(8-10-20)16-23(34)35/h11-12,17-20H,3-10,13-16H2,1-2H3,(H,34,35). The van der Waals surface area contributed by atoms with Crippen molar-refractivity contribution in [2.45, 2.75) is 77.6 Å². The van der Waals surface area contributed by atoms with Crippen LogP contribution in [0.4, 0.5) is 11.5 Å². The van der Waals surface area contributed by atoms with Gasteiger partial charge in [0.25, 0.3) is 0 Å². The van der Waals surface area contributed by atoms with Crippen molar-refractivity contribution in [3.63, 3.8) is 0 Å². The molecule has 2 aromatic heterocycles. The lowest BCUT2D eigenvalue weighted by molar-refractivity contribution is -0.138. The number of hydrogen-bond acceptors (Lipinski definition) is 8. The van der Waals surface area contributed by atoms with Gasteiger partial charge in [-0.05, 0) is 56.1 Å². The van der Waals surface area contributed by atoms with Crippen molar-refractivity contribution in [2.24, 2.45) is 16.8 Å². The Balaban J connectivity index is 1.18. The highest BCUT2D eigenvalue weighted by Crippen LogP contribution is 2.40. The number of anilines is 1. The van der Waals surface area contributed by atoms with Gasteiger partial charge in [-0.2, -0.15) is 9.97 Å². The summed E-state index contributed by atoms with van der Waals surface area (Å²) < 4.78 is 11.8. The molecule has 0 saturated heterocycles. The van der Waals surface area contributed by atoms with E-state index in [0.717, 1.165) is 67.2 Å². The number of pyridine rings is 1. The molecule has 3 aliphatic rings. The predicted molar refractivity (Wildman–Crippen MR) is 141 cm³/mol. The smallest absolute Gasteiger partial charge is 0.321 e. The molecule has 2 aromatic rings. The first-order valence-electron chi connectivity index (χ1n) is 13.7. The zero-order chi connectivity index (χ0) is 25.8. The summed E-state index contributed by atoms with van der Waals surface area (Å²) in [5.74, 6) is 2.69. The summed E-state index contributed by atoms with van der Waals surface area (Å²) in [6.07, 6.45) is 10.6. The number of ether oxygens (including phenoxy) is 2. The number of carbonyl (C=O) groups is 1. The van der Waals surface area contributed by atoms with Gasteiger partial charge in [0, 0.05) is 18.0 Å². The third-order valence-electron chi connectivity index (χ3n) is 7.55. The lowest BCUT2D eigenvalue weighted by atomic mass is 9.79. The van der Waals surface area contributed by atoms with E-state index in [1.54, 1.807) is 0 Å². The minimum Gasteiger partial charge on any atom is -0.481 e. The lowest BCUT2D eigenvalue weighted by Gasteiger charge is -2.29. The lowest BCUT2D eigenvalue weighted by Crippen LogP contribution is -2.36. The monoisotopic (exact) mass is 507 g/mol. The van der Waals surface area contributed by atoms with Crippen LogP contribution >= 0.6 is 0 Å². The molecule has 1 aliphatic carbocycles. The minimum atomic E-state index is -0.697. The Hall–Kier alpha value is -3.23. The second-order valence-corrected chi connectivity index (χ2v) is 10.8. The van der Waals surface area contributed by atoms with Crippen LogP contribution in [0.2, 0.25) is 0 Å². The highest BCUT2D eigenvalue weighted by molar-refractivity contribution is 6.20. The van der Waals surface area contributed by atoms with Crippen molar-refractivity contribution < 1.29 is 19.4 Å². The summed E-state index contributed by atoms with van der Waals surface area (Å²) in [7, 11) is 0. The van der Waals surface area contributed by atoms with E-state index < -0.39 is 5.97 Å². The minimum absolute atomic E-state index is 0.275. The topological polar surface area (TPSA) is 110 Å². The SMILES string of the molecule is CC(C)CCCCCOc1nc2c3c(n1)OCCN(c1ccc(C4CCC(CC(=O)O)CC4)nc1)C3=N2. The van der Waals surface area contributed by atoms with Crippen molar-refractivity contribution in [3.05, 3.63) is 29.6 Å². The molecule has 5 rings (SSSR count). The maximum Gasteiger partial charge on any atom is 0.321 e. The fourth-order valence-electron chi connectivity index (χ4n) is 5.45. The highest BCUT2D eigenvalue weighted by Gasteiger charge is 2.35. The molecule has 0 unspecified atom stereocenters. The quantitative estimate of drug-likeness (QED) is 0.397. The summed E-state index contributed by atoms with van der Waals surface area (Å²) in [5.41, 5.74) is 2.88. The second-order valence-electron chi connectivity index (χ2n) is 10.8. The van der Waals surface area contributed by atoms with E-state index in [-0.39, 0.29) is 6.42 Å². The maximum atomic E-state index is 11.0. The largest absolute Gasteiger partial charge is 0.481 e. The Labute approximate surface area is 218 Å². The number of nitrogens with zero attached hydrogens (tertiary/aromatic N) is 5. The van der Waals surface area contributed by atoms with Crippen LogP contribution in [0.15, 0.2) is 23.3 Å². The van der Waals surface area contributed by atoms with Crippen molar-refractivity contribution in [1.82, 2.24) is 15.0 Å². The molecule has 1 N–H and O–H groups in total. The van der Waals surface area contributed by atoms with E-state index in [1.165, 1.54) is 12.8 Å². The average molecular weight is 508 g/mol. The summed E-state index contributed by atoms with van der Waals surface area (Å²) >= 11 is 0. The van der Waals surface area contributed by atoms with Crippen LogP contribution < -0.4 is 14.4 Å². The second kappa shape index (κ2) is 11.4. The van der Waals surface area contributed by atoms with Crippen molar-refractivity contribution in [3.8, 4) is 11.9 Å². The van der Waals surface area contributed by atoms with Gasteiger partial charge in [-0.15, -0.1) is 0 Å². The molecule has 2 aliphatic heterocycles. The first kappa shape index (κ1) is 25.4. The molecule has 0 bridgehead atoms. The summed E-state index contributed by atoms with van der Waals surface area (Å²) in [6.45, 7) is 6.22. The summed E-state index contributed by atoms with van der Waals surface area (Å²) in [4.78, 5) is 31.6. The predicted octanol–water partition coefficient (Wildman–Crippen LogP) is 5.51. The molecular formula is C28H37N5O4. The van der Waals surface area contributed by atoms with Crippen LogP contribution in [0, 0.1) is 11.8 Å². The molecule has 37 heavy (non-hydrogen) atoms. The highest BCUT2D eigenvalue weighted by atomic mass is 16.5. The first-order chi connectivity index (χ1) is 18.0. The number of hydrogen-bond donors (Lipinski definition) is 1. The number of carboxylic acid groups (broad SMARTS) is 1. The van der Waals surface area contributed by atoms with Crippen LogP contribution in [0.5, 0.6) is 11.9 Å². The van der Waals surface area contributed by atoms with E-state index in [0.29, 0.717) is 49.3 Å². The Morgan fingerprint density at radius 2 is 2.00 bits per heavy atom. The average Bonchev–Trinajstić information content (AvgIpc) is 3.03. The Morgan fingerprint density at radius 3 is 2.73 bits per heavy atom. The van der Waals surface area contributed by atoms with Crippen LogP contribution in [0.25, 0.3) is 0 Å². The van der Waals surface area contributed by atoms with Crippen LogP contribution in [-0.4, -0.2) is 51.6 Å². The van der Waals surface area contributed by atoms with Gasteiger partial charge >= 0.3 is 12.0 Å². The van der Waals surface area contributed by atoms with Crippen molar-refractivity contribution in [1.29, 1.82) is 0 Å². The number of amidine groups is 1. The zero-order valence-electron chi connectivity index (χ0n) is 21.9. The Bertz CT molecular complexity index is 1130. The normalized spacial score (nSPS) is 20.4. The van der Waals surface area contributed by atoms with Crippen LogP contribution in [-0.2, 0) is 4.79 Å². The fourth-order valence-corrected chi connectivity index (χ4v) is 5.45. The number of aliphatic carboxylic acids is 1. The first-order valence-corrected chi connectivity index (χ1v) is 13.7. The van der Waals surface area contributed by atoms with Crippen LogP contribution in [0.3, 0.4) is 0 Å². The molecule has 0 spiro atoms. The van der Waals surface area contributed by atoms with Gasteiger partial charge in [-0.1, -0.05) is 33.1 Å².